The molecular formula is C16H13Cl. The summed E-state index contributed by atoms with van der Waals surface area (Å²) in [5.41, 5.74) is 6.75. The average Bonchev–Trinajstić information content (AvgIpc) is 2.81. The standard InChI is InChI=1S/C16H13Cl/c1-11-5-10-15(16-4-2-3-14(11)16)12-6-8-13(17)9-7-12/h2-3,5-10H,4H2,1H3. The van der Waals surface area contributed by atoms with E-state index in [0.29, 0.717) is 0 Å². The Labute approximate surface area is 107 Å². The Hall–Kier alpha value is -1.53. The van der Waals surface area contributed by atoms with Gasteiger partial charge in [-0.25, -0.2) is 0 Å². The van der Waals surface area contributed by atoms with Crippen LogP contribution in [-0.2, 0) is 6.42 Å². The Morgan fingerprint density at radius 3 is 2.53 bits per heavy atom. The molecule has 0 aromatic heterocycles. The summed E-state index contributed by atoms with van der Waals surface area (Å²) < 4.78 is 0. The van der Waals surface area contributed by atoms with Gasteiger partial charge in [0.05, 0.1) is 0 Å². The van der Waals surface area contributed by atoms with Crippen LogP contribution in [0.1, 0.15) is 16.7 Å². The van der Waals surface area contributed by atoms with Crippen molar-refractivity contribution >= 4 is 17.7 Å². The van der Waals surface area contributed by atoms with Crippen molar-refractivity contribution in [2.24, 2.45) is 0 Å². The maximum Gasteiger partial charge on any atom is 0.0406 e. The molecule has 17 heavy (non-hydrogen) atoms. The van der Waals surface area contributed by atoms with E-state index in [9.17, 15) is 0 Å². The molecule has 0 atom stereocenters. The van der Waals surface area contributed by atoms with Crippen LogP contribution in [0.2, 0.25) is 5.02 Å². The van der Waals surface area contributed by atoms with Gasteiger partial charge in [0.1, 0.15) is 0 Å². The molecule has 0 aliphatic heterocycles. The molecule has 0 bridgehead atoms. The summed E-state index contributed by atoms with van der Waals surface area (Å²) in [5.74, 6) is 0. The number of allylic oxidation sites excluding steroid dienone is 1. The van der Waals surface area contributed by atoms with Crippen LogP contribution in [-0.4, -0.2) is 0 Å². The summed E-state index contributed by atoms with van der Waals surface area (Å²) in [5, 5.41) is 0.788. The van der Waals surface area contributed by atoms with E-state index in [-0.39, 0.29) is 0 Å². The number of halogens is 1. The van der Waals surface area contributed by atoms with E-state index in [0.717, 1.165) is 11.4 Å². The van der Waals surface area contributed by atoms with Crippen molar-refractivity contribution < 1.29 is 0 Å². The van der Waals surface area contributed by atoms with Crippen LogP contribution in [0.25, 0.3) is 17.2 Å². The average molecular weight is 241 g/mol. The van der Waals surface area contributed by atoms with E-state index in [1.165, 1.54) is 27.8 Å². The van der Waals surface area contributed by atoms with E-state index in [4.69, 9.17) is 11.6 Å². The minimum atomic E-state index is 0.788. The topological polar surface area (TPSA) is 0 Å². The van der Waals surface area contributed by atoms with Crippen molar-refractivity contribution in [1.82, 2.24) is 0 Å². The van der Waals surface area contributed by atoms with Gasteiger partial charge in [-0.15, -0.1) is 0 Å². The van der Waals surface area contributed by atoms with Gasteiger partial charge in [-0.3, -0.25) is 0 Å². The number of aryl methyl sites for hydroxylation is 1. The second-order valence-corrected chi connectivity index (χ2v) is 4.87. The molecule has 0 radical (unpaired) electrons. The van der Waals surface area contributed by atoms with Crippen molar-refractivity contribution in [3.8, 4) is 11.1 Å². The summed E-state index contributed by atoms with van der Waals surface area (Å²) >= 11 is 5.93. The minimum absolute atomic E-state index is 0.788. The van der Waals surface area contributed by atoms with Crippen molar-refractivity contribution in [1.29, 1.82) is 0 Å². The van der Waals surface area contributed by atoms with Crippen molar-refractivity contribution in [3.63, 3.8) is 0 Å². The second kappa shape index (κ2) is 4.05. The summed E-state index contributed by atoms with van der Waals surface area (Å²) in [6.45, 7) is 2.17. The van der Waals surface area contributed by atoms with Crippen LogP contribution in [0.5, 0.6) is 0 Å². The molecule has 0 unspecified atom stereocenters. The summed E-state index contributed by atoms with van der Waals surface area (Å²) in [6, 6.07) is 12.5. The van der Waals surface area contributed by atoms with Gasteiger partial charge in [-0.2, -0.15) is 0 Å². The first-order valence-electron chi connectivity index (χ1n) is 5.80. The fraction of sp³-hybridized carbons (Fsp3) is 0.125. The number of benzene rings is 2. The first kappa shape index (κ1) is 10.6. The summed E-state index contributed by atoms with van der Waals surface area (Å²) in [7, 11) is 0. The molecule has 0 saturated carbocycles. The Balaban J connectivity index is 2.17. The van der Waals surface area contributed by atoms with E-state index in [1.54, 1.807) is 0 Å². The molecule has 0 fully saturated rings. The third kappa shape index (κ3) is 1.79. The highest BCUT2D eigenvalue weighted by Crippen LogP contribution is 2.33. The van der Waals surface area contributed by atoms with Crippen LogP contribution < -0.4 is 0 Å². The monoisotopic (exact) mass is 240 g/mol. The molecule has 0 nitrogen and oxygen atoms in total. The van der Waals surface area contributed by atoms with Crippen molar-refractivity contribution in [2.45, 2.75) is 13.3 Å². The lowest BCUT2D eigenvalue weighted by atomic mass is 9.94. The quantitative estimate of drug-likeness (QED) is 0.666. The van der Waals surface area contributed by atoms with Crippen molar-refractivity contribution in [3.05, 3.63) is 64.2 Å². The Morgan fingerprint density at radius 1 is 1.00 bits per heavy atom. The molecule has 84 valence electrons. The Kier molecular flexibility index (Phi) is 2.53. The molecule has 2 aromatic carbocycles. The first-order chi connectivity index (χ1) is 8.25. The van der Waals surface area contributed by atoms with Gasteiger partial charge in [-0.05, 0) is 53.3 Å². The van der Waals surface area contributed by atoms with E-state index in [2.05, 4.69) is 43.3 Å². The smallest absolute Gasteiger partial charge is 0.0406 e. The number of hydrogen-bond acceptors (Lipinski definition) is 0. The van der Waals surface area contributed by atoms with Gasteiger partial charge in [0.2, 0.25) is 0 Å². The third-order valence-corrected chi connectivity index (χ3v) is 3.59. The number of hydrogen-bond donors (Lipinski definition) is 0. The highest BCUT2D eigenvalue weighted by Gasteiger charge is 2.13. The fourth-order valence-corrected chi connectivity index (χ4v) is 2.55. The summed E-state index contributed by atoms with van der Waals surface area (Å²) in [4.78, 5) is 0. The molecule has 3 rings (SSSR count). The Morgan fingerprint density at radius 2 is 1.76 bits per heavy atom. The second-order valence-electron chi connectivity index (χ2n) is 4.44. The number of rotatable bonds is 1. The van der Waals surface area contributed by atoms with Gasteiger partial charge in [-0.1, -0.05) is 48.0 Å². The fourth-order valence-electron chi connectivity index (χ4n) is 2.43. The first-order valence-corrected chi connectivity index (χ1v) is 6.18. The van der Waals surface area contributed by atoms with E-state index >= 15 is 0 Å². The van der Waals surface area contributed by atoms with Crippen LogP contribution in [0, 0.1) is 6.92 Å². The van der Waals surface area contributed by atoms with Gasteiger partial charge < -0.3 is 0 Å². The van der Waals surface area contributed by atoms with Crippen LogP contribution in [0.4, 0.5) is 0 Å². The van der Waals surface area contributed by atoms with Gasteiger partial charge >= 0.3 is 0 Å². The molecule has 0 N–H and O–H groups in total. The maximum atomic E-state index is 5.93. The molecule has 0 amide bonds. The van der Waals surface area contributed by atoms with Gasteiger partial charge in [0.15, 0.2) is 0 Å². The van der Waals surface area contributed by atoms with Crippen LogP contribution >= 0.6 is 11.6 Å². The Bertz CT molecular complexity index is 592. The van der Waals surface area contributed by atoms with E-state index in [1.807, 2.05) is 12.1 Å². The molecule has 1 aliphatic carbocycles. The zero-order valence-corrected chi connectivity index (χ0v) is 10.5. The molecule has 0 spiro atoms. The molecule has 1 aliphatic rings. The largest absolute Gasteiger partial charge is 0.0843 e. The zero-order chi connectivity index (χ0) is 11.8. The highest BCUT2D eigenvalue weighted by atomic mass is 35.5. The van der Waals surface area contributed by atoms with E-state index < -0.39 is 0 Å². The lowest BCUT2D eigenvalue weighted by molar-refractivity contribution is 1.28. The molecular weight excluding hydrogens is 228 g/mol. The molecule has 1 heteroatoms. The minimum Gasteiger partial charge on any atom is -0.0843 e. The normalized spacial score (nSPS) is 12.8. The molecule has 0 saturated heterocycles. The summed E-state index contributed by atoms with van der Waals surface area (Å²) in [6.07, 6.45) is 5.50. The van der Waals surface area contributed by atoms with Crippen molar-refractivity contribution in [2.75, 3.05) is 0 Å². The zero-order valence-electron chi connectivity index (χ0n) is 9.70. The maximum absolute atomic E-state index is 5.93. The van der Waals surface area contributed by atoms with Gasteiger partial charge in [0.25, 0.3) is 0 Å². The molecule has 0 heterocycles. The van der Waals surface area contributed by atoms with Crippen LogP contribution in [0.15, 0.2) is 42.5 Å². The van der Waals surface area contributed by atoms with Gasteiger partial charge in [0, 0.05) is 5.02 Å². The highest BCUT2D eigenvalue weighted by molar-refractivity contribution is 6.30. The number of fused-ring (bicyclic) bond motifs is 1. The molecule has 2 aromatic rings. The predicted octanol–water partition coefficient (Wildman–Crippen LogP) is 4.88. The van der Waals surface area contributed by atoms with Crippen LogP contribution in [0.3, 0.4) is 0 Å². The lowest BCUT2D eigenvalue weighted by Gasteiger charge is -2.11. The SMILES string of the molecule is Cc1ccc(-c2ccc(Cl)cc2)c2c1C=CC2. The predicted molar refractivity (Wildman–Crippen MR) is 74.4 cm³/mol. The lowest BCUT2D eigenvalue weighted by Crippen LogP contribution is -1.91. The third-order valence-electron chi connectivity index (χ3n) is 3.34.